The van der Waals surface area contributed by atoms with Gasteiger partial charge in [0, 0.05) is 0 Å². The molecule has 0 saturated heterocycles. The summed E-state index contributed by atoms with van der Waals surface area (Å²) in [4.78, 5) is 0. The smallest absolute Gasteiger partial charge is 0.413 e. The van der Waals surface area contributed by atoms with Gasteiger partial charge in [0.2, 0.25) is 0 Å². The predicted octanol–water partition coefficient (Wildman–Crippen LogP) is 2.09. The second-order valence-electron chi connectivity index (χ2n) is 3.65. The average Bonchev–Trinajstić information content (AvgIpc) is 2.37. The van der Waals surface area contributed by atoms with Crippen molar-refractivity contribution in [1.82, 2.24) is 0 Å². The molecule has 0 aliphatic heterocycles. The van der Waals surface area contributed by atoms with Crippen molar-refractivity contribution in [2.75, 3.05) is 0 Å². The van der Waals surface area contributed by atoms with Crippen LogP contribution in [0.15, 0.2) is 60.7 Å². The number of hydrogen-bond donors (Lipinski definition) is 2. The standard InChI is InChI=1S/C12H10O.H2O7S2/c1-3-7-11(8-4-1)13-12-9-5-2-6-10-12;1-8(2,3)7-9(4,5)6/h1-10H;(H,1,2,3)(H,4,5,6). The number of hydrogen-bond acceptors (Lipinski definition) is 6. The zero-order valence-corrected chi connectivity index (χ0v) is 12.6. The lowest BCUT2D eigenvalue weighted by Crippen LogP contribution is -2.10. The molecule has 0 bridgehead atoms. The Labute approximate surface area is 127 Å². The van der Waals surface area contributed by atoms with Crippen LogP contribution in [-0.2, 0) is 24.4 Å². The molecule has 22 heavy (non-hydrogen) atoms. The van der Waals surface area contributed by atoms with Gasteiger partial charge in [-0.3, -0.25) is 9.11 Å². The molecule has 2 aromatic carbocycles. The van der Waals surface area contributed by atoms with Gasteiger partial charge in [0.05, 0.1) is 0 Å². The molecule has 0 aromatic heterocycles. The highest BCUT2D eigenvalue weighted by Gasteiger charge is 2.15. The lowest BCUT2D eigenvalue weighted by Gasteiger charge is -2.03. The molecule has 2 aromatic rings. The van der Waals surface area contributed by atoms with Gasteiger partial charge in [0.25, 0.3) is 0 Å². The van der Waals surface area contributed by atoms with E-state index in [1.165, 1.54) is 0 Å². The van der Waals surface area contributed by atoms with Crippen molar-refractivity contribution < 1.29 is 34.3 Å². The van der Waals surface area contributed by atoms with Crippen LogP contribution in [0.2, 0.25) is 0 Å². The minimum absolute atomic E-state index is 0.869. The average molecular weight is 348 g/mol. The molecule has 0 aliphatic rings. The first-order chi connectivity index (χ1) is 10.2. The van der Waals surface area contributed by atoms with Crippen molar-refractivity contribution in [1.29, 1.82) is 0 Å². The Morgan fingerprint density at radius 1 is 0.636 bits per heavy atom. The van der Waals surface area contributed by atoms with Crippen LogP contribution in [-0.4, -0.2) is 25.9 Å². The fraction of sp³-hybridized carbons (Fsp3) is 0. The van der Waals surface area contributed by atoms with Crippen molar-refractivity contribution in [2.24, 2.45) is 0 Å². The molecule has 120 valence electrons. The quantitative estimate of drug-likeness (QED) is 0.804. The molecule has 0 heterocycles. The van der Waals surface area contributed by atoms with Crippen LogP contribution in [0.3, 0.4) is 0 Å². The van der Waals surface area contributed by atoms with E-state index in [-0.39, 0.29) is 0 Å². The summed E-state index contributed by atoms with van der Waals surface area (Å²) in [6, 6.07) is 19.5. The zero-order valence-electron chi connectivity index (χ0n) is 10.9. The fourth-order valence-corrected chi connectivity index (χ4v) is 2.09. The molecular weight excluding hydrogens is 336 g/mol. The Morgan fingerprint density at radius 2 is 0.955 bits per heavy atom. The highest BCUT2D eigenvalue weighted by molar-refractivity contribution is 7.94. The number of ether oxygens (including phenoxy) is 1. The summed E-state index contributed by atoms with van der Waals surface area (Å²) in [5.74, 6) is 1.74. The molecule has 10 heteroatoms. The summed E-state index contributed by atoms with van der Waals surface area (Å²) in [7, 11) is -10.2. The van der Waals surface area contributed by atoms with E-state index in [1.54, 1.807) is 0 Å². The van der Waals surface area contributed by atoms with Crippen LogP contribution >= 0.6 is 0 Å². The van der Waals surface area contributed by atoms with E-state index in [1.807, 2.05) is 60.7 Å². The third-order valence-corrected chi connectivity index (χ3v) is 3.27. The Morgan fingerprint density at radius 3 is 1.18 bits per heavy atom. The summed E-state index contributed by atoms with van der Waals surface area (Å²) in [6.07, 6.45) is 0. The first-order valence-electron chi connectivity index (χ1n) is 5.59. The van der Waals surface area contributed by atoms with Crippen LogP contribution in [0.4, 0.5) is 0 Å². The maximum atomic E-state index is 9.44. The maximum absolute atomic E-state index is 9.44. The summed E-state index contributed by atoms with van der Waals surface area (Å²) in [5.41, 5.74) is 0. The van der Waals surface area contributed by atoms with Crippen LogP contribution in [0.25, 0.3) is 0 Å². The first kappa shape index (κ1) is 18.1. The predicted molar refractivity (Wildman–Crippen MR) is 77.1 cm³/mol. The second-order valence-corrected chi connectivity index (χ2v) is 5.91. The highest BCUT2D eigenvalue weighted by Crippen LogP contribution is 2.19. The van der Waals surface area contributed by atoms with Crippen molar-refractivity contribution in [3.63, 3.8) is 0 Å². The number of rotatable bonds is 4. The summed E-state index contributed by atoms with van der Waals surface area (Å²) in [6.45, 7) is 0. The highest BCUT2D eigenvalue weighted by atomic mass is 32.3. The minimum atomic E-state index is -5.12. The van der Waals surface area contributed by atoms with Gasteiger partial charge in [0.15, 0.2) is 0 Å². The third kappa shape index (κ3) is 9.05. The molecule has 0 saturated carbocycles. The van der Waals surface area contributed by atoms with Gasteiger partial charge in [-0.15, -0.1) is 3.63 Å². The Kier molecular flexibility index (Phi) is 6.46. The zero-order chi connectivity index (χ0) is 16.6. The minimum Gasteiger partial charge on any atom is -0.457 e. The molecular formula is C12H12O8S2. The van der Waals surface area contributed by atoms with E-state index < -0.39 is 20.8 Å². The Hall–Kier alpha value is -1.98. The maximum Gasteiger partial charge on any atom is 0.413 e. The summed E-state index contributed by atoms with van der Waals surface area (Å²) < 4.78 is 61.2. The SMILES string of the molecule is O=S(=O)(O)OS(=O)(=O)O.c1ccc(Oc2ccccc2)cc1. The summed E-state index contributed by atoms with van der Waals surface area (Å²) in [5, 5.41) is 0. The van der Waals surface area contributed by atoms with Gasteiger partial charge in [-0.05, 0) is 24.3 Å². The van der Waals surface area contributed by atoms with Crippen LogP contribution in [0, 0.1) is 0 Å². The largest absolute Gasteiger partial charge is 0.457 e. The van der Waals surface area contributed by atoms with E-state index in [9.17, 15) is 16.8 Å². The van der Waals surface area contributed by atoms with Gasteiger partial charge >= 0.3 is 20.8 Å². The molecule has 0 unspecified atom stereocenters. The van der Waals surface area contributed by atoms with Gasteiger partial charge in [-0.25, -0.2) is 0 Å². The van der Waals surface area contributed by atoms with E-state index in [0.717, 1.165) is 11.5 Å². The van der Waals surface area contributed by atoms with Gasteiger partial charge in [0.1, 0.15) is 11.5 Å². The Balaban J connectivity index is 0.000000239. The molecule has 8 nitrogen and oxygen atoms in total. The van der Waals surface area contributed by atoms with Crippen molar-refractivity contribution in [3.05, 3.63) is 60.7 Å². The van der Waals surface area contributed by atoms with Gasteiger partial charge < -0.3 is 4.74 Å². The number of para-hydroxylation sites is 2. The van der Waals surface area contributed by atoms with Crippen LogP contribution in [0.1, 0.15) is 0 Å². The van der Waals surface area contributed by atoms with E-state index in [4.69, 9.17) is 13.8 Å². The summed E-state index contributed by atoms with van der Waals surface area (Å²) >= 11 is 0. The molecule has 2 rings (SSSR count). The van der Waals surface area contributed by atoms with Gasteiger partial charge in [-0.2, -0.15) is 16.8 Å². The lowest BCUT2D eigenvalue weighted by molar-refractivity contribution is 0.344. The molecule has 0 amide bonds. The topological polar surface area (TPSA) is 127 Å². The molecule has 0 fully saturated rings. The molecule has 0 aliphatic carbocycles. The van der Waals surface area contributed by atoms with E-state index in [2.05, 4.69) is 3.63 Å². The molecule has 0 radical (unpaired) electrons. The molecule has 2 N–H and O–H groups in total. The Bertz CT molecular complexity index is 703. The van der Waals surface area contributed by atoms with Crippen molar-refractivity contribution in [3.8, 4) is 11.5 Å². The second kappa shape index (κ2) is 7.87. The fourth-order valence-electron chi connectivity index (χ4n) is 1.22. The molecule has 0 spiro atoms. The van der Waals surface area contributed by atoms with E-state index in [0.29, 0.717) is 0 Å². The van der Waals surface area contributed by atoms with E-state index >= 15 is 0 Å². The monoisotopic (exact) mass is 348 g/mol. The lowest BCUT2D eigenvalue weighted by atomic mass is 10.3. The van der Waals surface area contributed by atoms with Crippen molar-refractivity contribution >= 4 is 20.8 Å². The first-order valence-corrected chi connectivity index (χ1v) is 8.33. The molecule has 0 atom stereocenters. The normalized spacial score (nSPS) is 11.2. The third-order valence-electron chi connectivity index (χ3n) is 1.89. The van der Waals surface area contributed by atoms with Crippen molar-refractivity contribution in [2.45, 2.75) is 0 Å². The van der Waals surface area contributed by atoms with Crippen LogP contribution in [0.5, 0.6) is 11.5 Å². The number of benzene rings is 2. The van der Waals surface area contributed by atoms with Gasteiger partial charge in [-0.1, -0.05) is 36.4 Å². The van der Waals surface area contributed by atoms with Crippen LogP contribution < -0.4 is 4.74 Å².